The molecule has 24 heavy (non-hydrogen) atoms. The van der Waals surface area contributed by atoms with Crippen molar-refractivity contribution in [3.8, 4) is 0 Å². The summed E-state index contributed by atoms with van der Waals surface area (Å²) in [4.78, 5) is 0.262. The summed E-state index contributed by atoms with van der Waals surface area (Å²) in [6.07, 6.45) is 0. The topological polar surface area (TPSA) is 86.2 Å². The molecule has 0 aromatic heterocycles. The predicted octanol–water partition coefficient (Wildman–Crippen LogP) is 2.49. The first kappa shape index (κ1) is 17.4. The molecular formula is C18H21ClN2O2S. The molecule has 6 heteroatoms. The lowest BCUT2D eigenvalue weighted by atomic mass is 9.99. The summed E-state index contributed by atoms with van der Waals surface area (Å²) in [6, 6.07) is 14.2. The fourth-order valence-corrected chi connectivity index (χ4v) is 6.16. The van der Waals surface area contributed by atoms with Crippen molar-refractivity contribution >= 4 is 21.4 Å². The van der Waals surface area contributed by atoms with Gasteiger partial charge in [0.1, 0.15) is 0 Å². The molecule has 0 amide bonds. The zero-order valence-corrected chi connectivity index (χ0v) is 15.0. The molecule has 128 valence electrons. The van der Waals surface area contributed by atoms with Crippen LogP contribution in [-0.4, -0.2) is 26.8 Å². The quantitative estimate of drug-likeness (QED) is 0.853. The van der Waals surface area contributed by atoms with E-state index < -0.39 is 20.5 Å². The molecule has 0 heterocycles. The zero-order chi connectivity index (χ0) is 17.5. The Bertz CT molecular complexity index is 828. The van der Waals surface area contributed by atoms with Crippen LogP contribution in [0, 0.1) is 12.3 Å². The Morgan fingerprint density at radius 1 is 1.00 bits per heavy atom. The predicted molar refractivity (Wildman–Crippen MR) is 96.9 cm³/mol. The smallest absolute Gasteiger partial charge is 0.182 e. The second-order valence-electron chi connectivity index (χ2n) is 6.45. The second-order valence-corrected chi connectivity index (χ2v) is 8.96. The molecule has 0 saturated heterocycles. The highest BCUT2D eigenvalue weighted by Crippen LogP contribution is 2.62. The Hall–Kier alpha value is -1.40. The van der Waals surface area contributed by atoms with Gasteiger partial charge in [-0.15, -0.1) is 0 Å². The molecular weight excluding hydrogens is 344 g/mol. The molecule has 1 aliphatic rings. The van der Waals surface area contributed by atoms with Gasteiger partial charge < -0.3 is 11.5 Å². The summed E-state index contributed by atoms with van der Waals surface area (Å²) in [5.74, 6) is -0.186. The van der Waals surface area contributed by atoms with Crippen molar-refractivity contribution in [2.24, 2.45) is 16.9 Å². The van der Waals surface area contributed by atoms with Gasteiger partial charge in [-0.1, -0.05) is 41.4 Å². The van der Waals surface area contributed by atoms with Crippen molar-refractivity contribution in [3.05, 3.63) is 64.7 Å². The van der Waals surface area contributed by atoms with Crippen LogP contribution in [0.4, 0.5) is 0 Å². The van der Waals surface area contributed by atoms with Crippen LogP contribution >= 0.6 is 11.6 Å². The summed E-state index contributed by atoms with van der Waals surface area (Å²) in [6.45, 7) is 2.47. The van der Waals surface area contributed by atoms with Crippen LogP contribution in [0.3, 0.4) is 0 Å². The number of hydrogen-bond donors (Lipinski definition) is 2. The number of halogens is 1. The number of benzene rings is 2. The average Bonchev–Trinajstić information content (AvgIpc) is 3.26. The molecule has 2 aromatic carbocycles. The minimum Gasteiger partial charge on any atom is -0.330 e. The number of aryl methyl sites for hydroxylation is 1. The first-order valence-corrected chi connectivity index (χ1v) is 9.75. The number of nitrogens with two attached hydrogens (primary N) is 2. The van der Waals surface area contributed by atoms with Crippen molar-refractivity contribution in [2.75, 3.05) is 13.1 Å². The van der Waals surface area contributed by atoms with Gasteiger partial charge in [-0.3, -0.25) is 0 Å². The molecule has 2 aromatic rings. The van der Waals surface area contributed by atoms with E-state index in [1.165, 1.54) is 0 Å². The lowest BCUT2D eigenvalue weighted by Crippen LogP contribution is -2.31. The SMILES string of the molecule is Cc1ccc([C@H]2[C@H](S(=O)(=O)c3ccc(Cl)cc3)C2(CN)CN)cc1. The van der Waals surface area contributed by atoms with Crippen LogP contribution in [0.1, 0.15) is 17.0 Å². The summed E-state index contributed by atoms with van der Waals surface area (Å²) < 4.78 is 26.3. The molecule has 0 aliphatic heterocycles. The van der Waals surface area contributed by atoms with E-state index in [0.29, 0.717) is 5.02 Å². The van der Waals surface area contributed by atoms with E-state index in [2.05, 4.69) is 0 Å². The average molecular weight is 365 g/mol. The minimum absolute atomic E-state index is 0.186. The van der Waals surface area contributed by atoms with Gasteiger partial charge in [-0.2, -0.15) is 0 Å². The van der Waals surface area contributed by atoms with Crippen LogP contribution < -0.4 is 11.5 Å². The molecule has 1 saturated carbocycles. The maximum atomic E-state index is 13.1. The first-order valence-electron chi connectivity index (χ1n) is 7.83. The molecule has 4 N–H and O–H groups in total. The third-order valence-electron chi connectivity index (χ3n) is 5.05. The van der Waals surface area contributed by atoms with E-state index in [9.17, 15) is 8.42 Å². The summed E-state index contributed by atoms with van der Waals surface area (Å²) in [5, 5.41) is -0.104. The van der Waals surface area contributed by atoms with Gasteiger partial charge in [0.15, 0.2) is 9.84 Å². The second kappa shape index (κ2) is 6.15. The molecule has 0 radical (unpaired) electrons. The highest BCUT2D eigenvalue weighted by molar-refractivity contribution is 7.92. The van der Waals surface area contributed by atoms with Crippen molar-refractivity contribution in [3.63, 3.8) is 0 Å². The molecule has 4 nitrogen and oxygen atoms in total. The normalized spacial score (nSPS) is 22.3. The van der Waals surface area contributed by atoms with E-state index in [0.717, 1.165) is 11.1 Å². The molecule has 3 rings (SSSR count). The third-order valence-corrected chi connectivity index (χ3v) is 7.64. The van der Waals surface area contributed by atoms with Gasteiger partial charge in [0.25, 0.3) is 0 Å². The van der Waals surface area contributed by atoms with E-state index in [4.69, 9.17) is 23.1 Å². The first-order chi connectivity index (χ1) is 11.4. The van der Waals surface area contributed by atoms with Crippen molar-refractivity contribution < 1.29 is 8.42 Å². The van der Waals surface area contributed by atoms with Crippen LogP contribution in [-0.2, 0) is 9.84 Å². The molecule has 0 spiro atoms. The Morgan fingerprint density at radius 2 is 1.54 bits per heavy atom. The summed E-state index contributed by atoms with van der Waals surface area (Å²) >= 11 is 5.87. The van der Waals surface area contributed by atoms with Gasteiger partial charge in [-0.05, 0) is 36.8 Å². The lowest BCUT2D eigenvalue weighted by Gasteiger charge is -2.13. The Morgan fingerprint density at radius 3 is 2.04 bits per heavy atom. The van der Waals surface area contributed by atoms with Gasteiger partial charge in [0.2, 0.25) is 0 Å². The van der Waals surface area contributed by atoms with Crippen molar-refractivity contribution in [2.45, 2.75) is 23.0 Å². The molecule has 1 aliphatic carbocycles. The third kappa shape index (κ3) is 2.65. The monoisotopic (exact) mass is 364 g/mol. The van der Waals surface area contributed by atoms with Gasteiger partial charge in [0, 0.05) is 29.4 Å². The summed E-state index contributed by atoms with van der Waals surface area (Å²) in [5.41, 5.74) is 13.4. The highest BCUT2D eigenvalue weighted by Gasteiger charge is 2.69. The Kier molecular flexibility index (Phi) is 4.47. The van der Waals surface area contributed by atoms with E-state index in [1.54, 1.807) is 24.3 Å². The van der Waals surface area contributed by atoms with E-state index in [-0.39, 0.29) is 23.9 Å². The lowest BCUT2D eigenvalue weighted by molar-refractivity contribution is 0.510. The Balaban J connectivity index is 2.04. The molecule has 2 atom stereocenters. The number of rotatable bonds is 5. The minimum atomic E-state index is -3.54. The maximum absolute atomic E-state index is 13.1. The van der Waals surface area contributed by atoms with Crippen molar-refractivity contribution in [1.29, 1.82) is 0 Å². The fraction of sp³-hybridized carbons (Fsp3) is 0.333. The zero-order valence-electron chi connectivity index (χ0n) is 13.4. The van der Waals surface area contributed by atoms with Crippen LogP contribution in [0.5, 0.6) is 0 Å². The van der Waals surface area contributed by atoms with Crippen LogP contribution in [0.15, 0.2) is 53.4 Å². The van der Waals surface area contributed by atoms with Crippen LogP contribution in [0.25, 0.3) is 0 Å². The van der Waals surface area contributed by atoms with Gasteiger partial charge in [-0.25, -0.2) is 8.42 Å². The Labute approximate surface area is 147 Å². The van der Waals surface area contributed by atoms with Crippen LogP contribution in [0.2, 0.25) is 5.02 Å². The van der Waals surface area contributed by atoms with Gasteiger partial charge in [0.05, 0.1) is 10.1 Å². The van der Waals surface area contributed by atoms with E-state index >= 15 is 0 Å². The standard InChI is InChI=1S/C18H21ClN2O2S/c1-12-2-4-13(5-3-12)16-17(18(16,10-20)11-21)24(22,23)15-8-6-14(19)7-9-15/h2-9,16-17H,10-11,20-21H2,1H3/t16-,17-/m0/s1. The highest BCUT2D eigenvalue weighted by atomic mass is 35.5. The van der Waals surface area contributed by atoms with Crippen molar-refractivity contribution in [1.82, 2.24) is 0 Å². The molecule has 0 bridgehead atoms. The summed E-state index contributed by atoms with van der Waals surface area (Å²) in [7, 11) is -3.54. The molecule has 0 unspecified atom stereocenters. The maximum Gasteiger partial charge on any atom is 0.182 e. The molecule has 1 fully saturated rings. The number of hydrogen-bond acceptors (Lipinski definition) is 4. The largest absolute Gasteiger partial charge is 0.330 e. The van der Waals surface area contributed by atoms with Gasteiger partial charge >= 0.3 is 0 Å². The van der Waals surface area contributed by atoms with E-state index in [1.807, 2.05) is 31.2 Å². The fourth-order valence-electron chi connectivity index (χ4n) is 3.56. The number of sulfone groups is 1.